The Balaban J connectivity index is 1.73. The highest BCUT2D eigenvalue weighted by Crippen LogP contribution is 2.12. The van der Waals surface area contributed by atoms with Gasteiger partial charge in [-0.25, -0.2) is 0 Å². The molecule has 2 N–H and O–H groups in total. The molecule has 0 unspecified atom stereocenters. The Bertz CT molecular complexity index is 864. The van der Waals surface area contributed by atoms with E-state index in [4.69, 9.17) is 4.42 Å². The molecule has 0 aliphatic carbocycles. The van der Waals surface area contributed by atoms with Gasteiger partial charge in [0.25, 0.3) is 5.91 Å². The molecule has 3 rings (SSSR count). The Morgan fingerprint density at radius 1 is 1.04 bits per heavy atom. The van der Waals surface area contributed by atoms with Gasteiger partial charge in [0, 0.05) is 18.8 Å². The number of hydrogen-bond acceptors (Lipinski definition) is 4. The van der Waals surface area contributed by atoms with Crippen LogP contribution in [0.1, 0.15) is 34.6 Å². The third-order valence-corrected chi connectivity index (χ3v) is 4.19. The molecule has 6 heteroatoms. The van der Waals surface area contributed by atoms with Crippen LogP contribution in [-0.2, 0) is 11.2 Å². The van der Waals surface area contributed by atoms with Gasteiger partial charge in [0.05, 0.1) is 12.3 Å². The van der Waals surface area contributed by atoms with Gasteiger partial charge in [0.1, 0.15) is 6.04 Å². The smallest absolute Gasteiger partial charge is 0.287 e. The predicted molar refractivity (Wildman–Crippen MR) is 101 cm³/mol. The standard InChI is InChI=1S/C21H21N3O3/c1-15(17-9-5-11-22-14-17)23-20(25)18(13-16-7-3-2-4-8-16)24-21(26)19-10-6-12-27-19/h2-12,14-15,18H,13H2,1H3,(H,23,25)(H,24,26)/t15-,18-/m0/s1. The molecule has 0 saturated carbocycles. The number of benzene rings is 1. The van der Waals surface area contributed by atoms with Crippen molar-refractivity contribution in [3.8, 4) is 0 Å². The SMILES string of the molecule is C[C@H](NC(=O)[C@H](Cc1ccccc1)NC(=O)c1ccco1)c1cccnc1. The maximum Gasteiger partial charge on any atom is 0.287 e. The molecule has 138 valence electrons. The molecule has 0 spiro atoms. The van der Waals surface area contributed by atoms with Crippen molar-refractivity contribution in [1.29, 1.82) is 0 Å². The summed E-state index contributed by atoms with van der Waals surface area (Å²) in [5.41, 5.74) is 1.84. The maximum absolute atomic E-state index is 12.9. The lowest BCUT2D eigenvalue weighted by Crippen LogP contribution is -2.48. The Morgan fingerprint density at radius 2 is 1.85 bits per heavy atom. The molecular formula is C21H21N3O3. The first-order valence-corrected chi connectivity index (χ1v) is 8.72. The molecule has 27 heavy (non-hydrogen) atoms. The van der Waals surface area contributed by atoms with Crippen molar-refractivity contribution >= 4 is 11.8 Å². The highest BCUT2D eigenvalue weighted by atomic mass is 16.3. The van der Waals surface area contributed by atoms with Gasteiger partial charge >= 0.3 is 0 Å². The van der Waals surface area contributed by atoms with Crippen molar-refractivity contribution in [1.82, 2.24) is 15.6 Å². The quantitative estimate of drug-likeness (QED) is 0.676. The molecule has 2 amide bonds. The van der Waals surface area contributed by atoms with Gasteiger partial charge < -0.3 is 15.1 Å². The fraction of sp³-hybridized carbons (Fsp3) is 0.190. The van der Waals surface area contributed by atoms with E-state index in [9.17, 15) is 9.59 Å². The number of nitrogens with zero attached hydrogens (tertiary/aromatic N) is 1. The molecule has 2 heterocycles. The summed E-state index contributed by atoms with van der Waals surface area (Å²) in [5, 5.41) is 5.71. The summed E-state index contributed by atoms with van der Waals surface area (Å²) < 4.78 is 5.12. The summed E-state index contributed by atoms with van der Waals surface area (Å²) in [5.74, 6) is -0.526. The number of nitrogens with one attached hydrogen (secondary N) is 2. The van der Waals surface area contributed by atoms with Crippen LogP contribution >= 0.6 is 0 Å². The van der Waals surface area contributed by atoms with Gasteiger partial charge in [-0.3, -0.25) is 14.6 Å². The summed E-state index contributed by atoms with van der Waals surface area (Å²) in [4.78, 5) is 29.3. The first kappa shape index (κ1) is 18.4. The zero-order valence-electron chi connectivity index (χ0n) is 15.0. The average molecular weight is 363 g/mol. The van der Waals surface area contributed by atoms with E-state index in [2.05, 4.69) is 15.6 Å². The first-order chi connectivity index (χ1) is 13.1. The van der Waals surface area contributed by atoms with Crippen LogP contribution in [0.4, 0.5) is 0 Å². The second-order valence-electron chi connectivity index (χ2n) is 6.21. The third-order valence-electron chi connectivity index (χ3n) is 4.19. The van der Waals surface area contributed by atoms with E-state index in [1.54, 1.807) is 24.5 Å². The minimum Gasteiger partial charge on any atom is -0.459 e. The fourth-order valence-corrected chi connectivity index (χ4v) is 2.73. The Kier molecular flexibility index (Phi) is 5.99. The van der Waals surface area contributed by atoms with E-state index < -0.39 is 11.9 Å². The van der Waals surface area contributed by atoms with Gasteiger partial charge in [-0.15, -0.1) is 0 Å². The summed E-state index contributed by atoms with van der Waals surface area (Å²) in [6, 6.07) is 15.5. The minimum absolute atomic E-state index is 0.168. The number of aromatic nitrogens is 1. The molecule has 0 aliphatic rings. The normalized spacial score (nSPS) is 12.8. The molecule has 1 aromatic carbocycles. The minimum atomic E-state index is -0.732. The molecule has 0 saturated heterocycles. The topological polar surface area (TPSA) is 84.2 Å². The van der Waals surface area contributed by atoms with Crippen LogP contribution in [0.15, 0.2) is 77.7 Å². The number of hydrogen-bond donors (Lipinski definition) is 2. The van der Waals surface area contributed by atoms with Gasteiger partial charge in [-0.05, 0) is 36.2 Å². The lowest BCUT2D eigenvalue weighted by Gasteiger charge is -2.21. The monoisotopic (exact) mass is 363 g/mol. The van der Waals surface area contributed by atoms with Crippen LogP contribution in [0.3, 0.4) is 0 Å². The zero-order chi connectivity index (χ0) is 19.1. The number of amides is 2. The molecule has 0 aliphatic heterocycles. The molecule has 0 fully saturated rings. The number of carbonyl (C=O) groups is 2. The summed E-state index contributed by atoms with van der Waals surface area (Å²) in [7, 11) is 0. The molecule has 6 nitrogen and oxygen atoms in total. The fourth-order valence-electron chi connectivity index (χ4n) is 2.73. The lowest BCUT2D eigenvalue weighted by molar-refractivity contribution is -0.123. The van der Waals surface area contributed by atoms with E-state index in [0.717, 1.165) is 11.1 Å². The second-order valence-corrected chi connectivity index (χ2v) is 6.21. The highest BCUT2D eigenvalue weighted by molar-refractivity contribution is 5.95. The van der Waals surface area contributed by atoms with Crippen molar-refractivity contribution in [3.05, 3.63) is 90.1 Å². The summed E-state index contributed by atoms with van der Waals surface area (Å²) >= 11 is 0. The van der Waals surface area contributed by atoms with E-state index in [1.165, 1.54) is 6.26 Å². The summed E-state index contributed by atoms with van der Waals surface area (Å²) in [6.45, 7) is 1.88. The van der Waals surface area contributed by atoms with Crippen LogP contribution in [0, 0.1) is 0 Å². The van der Waals surface area contributed by atoms with Crippen molar-refractivity contribution in [3.63, 3.8) is 0 Å². The number of furan rings is 1. The molecule has 3 aromatic rings. The van der Waals surface area contributed by atoms with Gasteiger partial charge in [-0.2, -0.15) is 0 Å². The van der Waals surface area contributed by atoms with Gasteiger partial charge in [0.2, 0.25) is 5.91 Å². The van der Waals surface area contributed by atoms with Crippen molar-refractivity contribution in [2.75, 3.05) is 0 Å². The van der Waals surface area contributed by atoms with Crippen LogP contribution in [0.2, 0.25) is 0 Å². The lowest BCUT2D eigenvalue weighted by atomic mass is 10.0. The third kappa shape index (κ3) is 5.04. The largest absolute Gasteiger partial charge is 0.459 e. The zero-order valence-corrected chi connectivity index (χ0v) is 15.0. The Morgan fingerprint density at radius 3 is 2.52 bits per heavy atom. The van der Waals surface area contributed by atoms with Crippen molar-refractivity contribution in [2.45, 2.75) is 25.4 Å². The van der Waals surface area contributed by atoms with Crippen LogP contribution in [0.25, 0.3) is 0 Å². The second kappa shape index (κ2) is 8.80. The van der Waals surface area contributed by atoms with Crippen molar-refractivity contribution < 1.29 is 14.0 Å². The average Bonchev–Trinajstić information content (AvgIpc) is 3.24. The maximum atomic E-state index is 12.9. The molecule has 0 bridgehead atoms. The Hall–Kier alpha value is -3.41. The van der Waals surface area contributed by atoms with Crippen LogP contribution < -0.4 is 10.6 Å². The Labute approximate surface area is 157 Å². The molecular weight excluding hydrogens is 342 g/mol. The number of carbonyl (C=O) groups excluding carboxylic acids is 2. The van der Waals surface area contributed by atoms with Gasteiger partial charge in [0.15, 0.2) is 5.76 Å². The van der Waals surface area contributed by atoms with E-state index in [0.29, 0.717) is 6.42 Å². The van der Waals surface area contributed by atoms with Crippen LogP contribution in [-0.4, -0.2) is 22.8 Å². The first-order valence-electron chi connectivity index (χ1n) is 8.72. The van der Waals surface area contributed by atoms with E-state index in [1.807, 2.05) is 49.4 Å². The molecule has 0 radical (unpaired) electrons. The summed E-state index contributed by atoms with van der Waals surface area (Å²) in [6.07, 6.45) is 5.18. The van der Waals surface area contributed by atoms with Crippen molar-refractivity contribution in [2.24, 2.45) is 0 Å². The number of pyridine rings is 1. The highest BCUT2D eigenvalue weighted by Gasteiger charge is 2.24. The van der Waals surface area contributed by atoms with Gasteiger partial charge in [-0.1, -0.05) is 36.4 Å². The van der Waals surface area contributed by atoms with Crippen LogP contribution in [0.5, 0.6) is 0 Å². The molecule has 2 atom stereocenters. The number of rotatable bonds is 7. The van der Waals surface area contributed by atoms with E-state index >= 15 is 0 Å². The van der Waals surface area contributed by atoms with E-state index in [-0.39, 0.29) is 17.7 Å². The molecule has 2 aromatic heterocycles. The predicted octanol–water partition coefficient (Wildman–Crippen LogP) is 2.89.